The highest BCUT2D eigenvalue weighted by molar-refractivity contribution is 7.11. The van der Waals surface area contributed by atoms with Gasteiger partial charge in [0.25, 0.3) is 0 Å². The number of hydrogen-bond donors (Lipinski definition) is 2. The smallest absolute Gasteiger partial charge is 0.0930 e. The minimum Gasteiger partial charge on any atom is -0.396 e. The molecular formula is C14H26N2OS. The summed E-state index contributed by atoms with van der Waals surface area (Å²) >= 11 is 1.80. The third kappa shape index (κ3) is 5.94. The Morgan fingerprint density at radius 1 is 1.44 bits per heavy atom. The SMILES string of the molecule is CC(C)Cc1ncc(CNCC(C)(C)CCO)s1. The number of hydrogen-bond acceptors (Lipinski definition) is 4. The average Bonchev–Trinajstić information content (AvgIpc) is 2.64. The van der Waals surface area contributed by atoms with Crippen molar-refractivity contribution in [1.82, 2.24) is 10.3 Å². The van der Waals surface area contributed by atoms with E-state index in [0.717, 1.165) is 25.9 Å². The zero-order valence-electron chi connectivity index (χ0n) is 12.0. The van der Waals surface area contributed by atoms with E-state index < -0.39 is 0 Å². The van der Waals surface area contributed by atoms with Crippen LogP contribution in [0.3, 0.4) is 0 Å². The summed E-state index contributed by atoms with van der Waals surface area (Å²) in [6.45, 7) is 10.8. The molecule has 1 rings (SSSR count). The molecule has 0 saturated carbocycles. The van der Waals surface area contributed by atoms with Gasteiger partial charge in [-0.3, -0.25) is 0 Å². The quantitative estimate of drug-likeness (QED) is 0.763. The third-order valence-electron chi connectivity index (χ3n) is 2.88. The van der Waals surface area contributed by atoms with Crippen LogP contribution in [0.1, 0.15) is 44.0 Å². The Kier molecular flexibility index (Phi) is 6.26. The first-order valence-corrected chi connectivity index (χ1v) is 7.50. The molecule has 0 amide bonds. The van der Waals surface area contributed by atoms with E-state index in [1.54, 1.807) is 11.3 Å². The summed E-state index contributed by atoms with van der Waals surface area (Å²) in [4.78, 5) is 5.74. The van der Waals surface area contributed by atoms with Crippen molar-refractivity contribution in [2.24, 2.45) is 11.3 Å². The number of aliphatic hydroxyl groups is 1. The van der Waals surface area contributed by atoms with Crippen molar-refractivity contribution in [3.05, 3.63) is 16.1 Å². The first-order valence-electron chi connectivity index (χ1n) is 6.68. The Morgan fingerprint density at radius 2 is 2.17 bits per heavy atom. The van der Waals surface area contributed by atoms with Crippen molar-refractivity contribution >= 4 is 11.3 Å². The molecule has 1 heterocycles. The minimum atomic E-state index is 0.153. The number of rotatable bonds is 8. The summed E-state index contributed by atoms with van der Waals surface area (Å²) in [5.41, 5.74) is 0.153. The van der Waals surface area contributed by atoms with Crippen LogP contribution in [-0.2, 0) is 13.0 Å². The second-order valence-corrected chi connectivity index (χ2v) is 7.26. The molecule has 0 aromatic carbocycles. The Labute approximate surface area is 115 Å². The van der Waals surface area contributed by atoms with Crippen LogP contribution in [0.15, 0.2) is 6.20 Å². The average molecular weight is 270 g/mol. The van der Waals surface area contributed by atoms with Gasteiger partial charge in [-0.1, -0.05) is 27.7 Å². The monoisotopic (exact) mass is 270 g/mol. The molecule has 0 spiro atoms. The van der Waals surface area contributed by atoms with E-state index in [1.165, 1.54) is 9.88 Å². The van der Waals surface area contributed by atoms with Gasteiger partial charge in [0.05, 0.1) is 5.01 Å². The highest BCUT2D eigenvalue weighted by Crippen LogP contribution is 2.19. The van der Waals surface area contributed by atoms with Crippen molar-refractivity contribution < 1.29 is 5.11 Å². The molecule has 2 N–H and O–H groups in total. The molecule has 0 radical (unpaired) electrons. The molecule has 0 fully saturated rings. The van der Waals surface area contributed by atoms with E-state index in [4.69, 9.17) is 5.11 Å². The van der Waals surface area contributed by atoms with Gasteiger partial charge in [-0.2, -0.15) is 0 Å². The molecule has 3 nitrogen and oxygen atoms in total. The number of aromatic nitrogens is 1. The molecule has 4 heteroatoms. The molecule has 104 valence electrons. The number of nitrogens with zero attached hydrogens (tertiary/aromatic N) is 1. The van der Waals surface area contributed by atoms with Crippen molar-refractivity contribution in [1.29, 1.82) is 0 Å². The predicted octanol–water partition coefficient (Wildman–Crippen LogP) is 2.84. The van der Waals surface area contributed by atoms with Crippen LogP contribution < -0.4 is 5.32 Å². The van der Waals surface area contributed by atoms with Gasteiger partial charge in [0.1, 0.15) is 0 Å². The van der Waals surface area contributed by atoms with E-state index in [-0.39, 0.29) is 12.0 Å². The van der Waals surface area contributed by atoms with Gasteiger partial charge >= 0.3 is 0 Å². The minimum absolute atomic E-state index is 0.153. The summed E-state index contributed by atoms with van der Waals surface area (Å²) in [5, 5.41) is 13.7. The third-order valence-corrected chi connectivity index (χ3v) is 3.90. The molecule has 18 heavy (non-hydrogen) atoms. The van der Waals surface area contributed by atoms with E-state index in [0.29, 0.717) is 5.92 Å². The van der Waals surface area contributed by atoms with Gasteiger partial charge in [-0.15, -0.1) is 11.3 Å². The van der Waals surface area contributed by atoms with Gasteiger partial charge < -0.3 is 10.4 Å². The maximum atomic E-state index is 8.97. The standard InChI is InChI=1S/C14H26N2OS/c1-11(2)7-13-16-9-12(18-13)8-15-10-14(3,4)5-6-17/h9,11,15,17H,5-8,10H2,1-4H3. The summed E-state index contributed by atoms with van der Waals surface area (Å²) < 4.78 is 0. The lowest BCUT2D eigenvalue weighted by atomic mass is 9.90. The number of aliphatic hydroxyl groups excluding tert-OH is 1. The van der Waals surface area contributed by atoms with Crippen LogP contribution in [-0.4, -0.2) is 23.2 Å². The lowest BCUT2D eigenvalue weighted by molar-refractivity contribution is 0.207. The van der Waals surface area contributed by atoms with E-state index >= 15 is 0 Å². The van der Waals surface area contributed by atoms with Crippen LogP contribution >= 0.6 is 11.3 Å². The van der Waals surface area contributed by atoms with Crippen molar-refractivity contribution in [2.75, 3.05) is 13.2 Å². The van der Waals surface area contributed by atoms with Crippen LogP contribution in [0.5, 0.6) is 0 Å². The maximum absolute atomic E-state index is 8.97. The highest BCUT2D eigenvalue weighted by Gasteiger charge is 2.16. The Bertz CT molecular complexity index is 347. The second kappa shape index (κ2) is 7.22. The summed E-state index contributed by atoms with van der Waals surface area (Å²) in [6.07, 6.45) is 3.89. The largest absolute Gasteiger partial charge is 0.396 e. The van der Waals surface area contributed by atoms with Gasteiger partial charge in [0.2, 0.25) is 0 Å². The lowest BCUT2D eigenvalue weighted by Gasteiger charge is -2.23. The van der Waals surface area contributed by atoms with E-state index in [2.05, 4.69) is 38.0 Å². The normalized spacial score (nSPS) is 12.3. The fourth-order valence-electron chi connectivity index (χ4n) is 1.79. The maximum Gasteiger partial charge on any atom is 0.0930 e. The molecule has 1 aromatic heterocycles. The van der Waals surface area contributed by atoms with Crippen LogP contribution in [0.2, 0.25) is 0 Å². The zero-order valence-corrected chi connectivity index (χ0v) is 12.8. The first-order chi connectivity index (χ1) is 8.43. The molecular weight excluding hydrogens is 244 g/mol. The second-order valence-electron chi connectivity index (χ2n) is 6.06. The molecule has 0 aliphatic heterocycles. The molecule has 0 aliphatic carbocycles. The van der Waals surface area contributed by atoms with Gasteiger partial charge in [-0.25, -0.2) is 4.98 Å². The summed E-state index contributed by atoms with van der Waals surface area (Å²) in [7, 11) is 0. The van der Waals surface area contributed by atoms with Gasteiger partial charge in [0.15, 0.2) is 0 Å². The molecule has 0 atom stereocenters. The number of thiazole rings is 1. The molecule has 0 bridgehead atoms. The van der Waals surface area contributed by atoms with Crippen molar-refractivity contribution in [2.45, 2.75) is 47.1 Å². The Hall–Kier alpha value is -0.450. The molecule has 0 aliphatic rings. The number of nitrogens with one attached hydrogen (secondary N) is 1. The zero-order chi connectivity index (χ0) is 13.6. The van der Waals surface area contributed by atoms with E-state index in [9.17, 15) is 0 Å². The summed E-state index contributed by atoms with van der Waals surface area (Å²) in [6, 6.07) is 0. The molecule has 0 saturated heterocycles. The Balaban J connectivity index is 2.33. The van der Waals surface area contributed by atoms with Crippen LogP contribution in [0.25, 0.3) is 0 Å². The topological polar surface area (TPSA) is 45.2 Å². The predicted molar refractivity (Wildman–Crippen MR) is 77.8 cm³/mol. The van der Waals surface area contributed by atoms with Gasteiger partial charge in [0, 0.05) is 37.2 Å². The molecule has 0 unspecified atom stereocenters. The highest BCUT2D eigenvalue weighted by atomic mass is 32.1. The summed E-state index contributed by atoms with van der Waals surface area (Å²) in [5.74, 6) is 0.667. The lowest BCUT2D eigenvalue weighted by Crippen LogP contribution is -2.29. The fraction of sp³-hybridized carbons (Fsp3) is 0.786. The van der Waals surface area contributed by atoms with Gasteiger partial charge in [-0.05, 0) is 17.8 Å². The fourth-order valence-corrected chi connectivity index (χ4v) is 2.89. The van der Waals surface area contributed by atoms with Crippen LogP contribution in [0.4, 0.5) is 0 Å². The Morgan fingerprint density at radius 3 is 2.78 bits per heavy atom. The van der Waals surface area contributed by atoms with Crippen molar-refractivity contribution in [3.63, 3.8) is 0 Å². The first kappa shape index (κ1) is 15.6. The van der Waals surface area contributed by atoms with Crippen molar-refractivity contribution in [3.8, 4) is 0 Å². The molecule has 1 aromatic rings. The van der Waals surface area contributed by atoms with E-state index in [1.807, 2.05) is 6.20 Å². The van der Waals surface area contributed by atoms with Crippen LogP contribution in [0, 0.1) is 11.3 Å².